The first-order chi connectivity index (χ1) is 7.54. The lowest BCUT2D eigenvalue weighted by Gasteiger charge is -2.12. The smallest absolute Gasteiger partial charge is 0.265 e. The summed E-state index contributed by atoms with van der Waals surface area (Å²) in [6.07, 6.45) is -4.58. The molecule has 0 aliphatic heterocycles. The van der Waals surface area contributed by atoms with Crippen LogP contribution in [-0.4, -0.2) is 24.2 Å². The summed E-state index contributed by atoms with van der Waals surface area (Å²) in [6.45, 7) is -0.325. The lowest BCUT2D eigenvalue weighted by Crippen LogP contribution is -2.26. The van der Waals surface area contributed by atoms with Crippen molar-refractivity contribution in [1.82, 2.24) is 0 Å². The van der Waals surface area contributed by atoms with Gasteiger partial charge in [-0.3, -0.25) is 0 Å². The van der Waals surface area contributed by atoms with Crippen LogP contribution in [0.3, 0.4) is 0 Å². The fourth-order valence-corrected chi connectivity index (χ4v) is 1.24. The van der Waals surface area contributed by atoms with Gasteiger partial charge in [0.25, 0.3) is 6.43 Å². The van der Waals surface area contributed by atoms with Crippen LogP contribution in [-0.2, 0) is 0 Å². The van der Waals surface area contributed by atoms with E-state index in [-0.39, 0.29) is 12.1 Å². The average Bonchev–Trinajstić information content (AvgIpc) is 2.26. The van der Waals surface area contributed by atoms with Crippen molar-refractivity contribution < 1.29 is 13.9 Å². The van der Waals surface area contributed by atoms with E-state index >= 15 is 0 Å². The molecule has 0 aromatic heterocycles. The highest BCUT2D eigenvalue weighted by Crippen LogP contribution is 2.19. The zero-order valence-electron chi connectivity index (χ0n) is 8.12. The second-order valence-corrected chi connectivity index (χ2v) is 3.52. The zero-order valence-corrected chi connectivity index (χ0v) is 8.88. The van der Waals surface area contributed by atoms with E-state index in [4.69, 9.17) is 22.0 Å². The van der Waals surface area contributed by atoms with Crippen molar-refractivity contribution in [2.75, 3.05) is 11.9 Å². The quantitative estimate of drug-likeness (QED) is 0.857. The third kappa shape index (κ3) is 3.33. The third-order valence-electron chi connectivity index (χ3n) is 1.89. The van der Waals surface area contributed by atoms with Gasteiger partial charge >= 0.3 is 0 Å². The predicted octanol–water partition coefficient (Wildman–Crippen LogP) is 2.25. The highest BCUT2D eigenvalue weighted by Gasteiger charge is 2.16. The van der Waals surface area contributed by atoms with Gasteiger partial charge in [-0.15, -0.1) is 0 Å². The number of nitriles is 1. The summed E-state index contributed by atoms with van der Waals surface area (Å²) in [5.74, 6) is 0. The first-order valence-electron chi connectivity index (χ1n) is 4.44. The van der Waals surface area contributed by atoms with Crippen molar-refractivity contribution in [3.63, 3.8) is 0 Å². The summed E-state index contributed by atoms with van der Waals surface area (Å²) < 4.78 is 24.0. The lowest BCUT2D eigenvalue weighted by molar-refractivity contribution is 0.00384. The Morgan fingerprint density at radius 2 is 2.19 bits per heavy atom. The first-order valence-corrected chi connectivity index (χ1v) is 4.82. The second-order valence-electron chi connectivity index (χ2n) is 3.08. The van der Waals surface area contributed by atoms with Gasteiger partial charge in [0, 0.05) is 11.6 Å². The molecule has 0 amide bonds. The molecule has 1 atom stereocenters. The van der Waals surface area contributed by atoms with Crippen molar-refractivity contribution in [2.45, 2.75) is 12.5 Å². The largest absolute Gasteiger partial charge is 0.385 e. The SMILES string of the molecule is N#Cc1cc(Cl)ccc1NCC(O)C(F)F. The predicted molar refractivity (Wildman–Crippen MR) is 56.7 cm³/mol. The van der Waals surface area contributed by atoms with Gasteiger partial charge < -0.3 is 10.4 Å². The summed E-state index contributed by atoms with van der Waals surface area (Å²) in [7, 11) is 0. The fraction of sp³-hybridized carbons (Fsp3) is 0.300. The molecule has 0 fully saturated rings. The molecule has 1 unspecified atom stereocenters. The number of benzene rings is 1. The summed E-state index contributed by atoms with van der Waals surface area (Å²) in [4.78, 5) is 0. The summed E-state index contributed by atoms with van der Waals surface area (Å²) >= 11 is 5.66. The fourth-order valence-electron chi connectivity index (χ4n) is 1.07. The molecule has 1 aromatic carbocycles. The van der Waals surface area contributed by atoms with Crippen molar-refractivity contribution in [1.29, 1.82) is 5.26 Å². The van der Waals surface area contributed by atoms with E-state index in [2.05, 4.69) is 5.32 Å². The van der Waals surface area contributed by atoms with E-state index in [1.165, 1.54) is 18.2 Å². The normalized spacial score (nSPS) is 12.2. The lowest BCUT2D eigenvalue weighted by atomic mass is 10.2. The number of aliphatic hydroxyl groups is 1. The van der Waals surface area contributed by atoms with Crippen LogP contribution in [0, 0.1) is 11.3 Å². The van der Waals surface area contributed by atoms with Crippen LogP contribution >= 0.6 is 11.6 Å². The van der Waals surface area contributed by atoms with Crippen LogP contribution in [0.1, 0.15) is 5.56 Å². The molecular weight excluding hydrogens is 238 g/mol. The maximum Gasteiger partial charge on any atom is 0.265 e. The van der Waals surface area contributed by atoms with Gasteiger partial charge in [0.05, 0.1) is 11.3 Å². The van der Waals surface area contributed by atoms with Crippen molar-refractivity contribution in [3.8, 4) is 6.07 Å². The van der Waals surface area contributed by atoms with Crippen molar-refractivity contribution in [3.05, 3.63) is 28.8 Å². The maximum atomic E-state index is 12.0. The highest BCUT2D eigenvalue weighted by atomic mass is 35.5. The van der Waals surface area contributed by atoms with Crippen LogP contribution in [0.15, 0.2) is 18.2 Å². The van der Waals surface area contributed by atoms with Crippen LogP contribution in [0.5, 0.6) is 0 Å². The van der Waals surface area contributed by atoms with Gasteiger partial charge in [-0.25, -0.2) is 8.78 Å². The molecule has 0 saturated heterocycles. The molecule has 16 heavy (non-hydrogen) atoms. The second kappa shape index (κ2) is 5.64. The molecule has 0 saturated carbocycles. The minimum atomic E-state index is -2.81. The number of hydrogen-bond donors (Lipinski definition) is 2. The molecule has 3 nitrogen and oxygen atoms in total. The summed E-state index contributed by atoms with van der Waals surface area (Å²) in [5.41, 5.74) is 0.612. The first kappa shape index (κ1) is 12.7. The highest BCUT2D eigenvalue weighted by molar-refractivity contribution is 6.30. The standard InChI is InChI=1S/C10H9ClF2N2O/c11-7-1-2-8(6(3-7)4-14)15-5-9(16)10(12)13/h1-3,9-10,15-16H,5H2. The molecule has 0 heterocycles. The Labute approximate surface area is 96.3 Å². The van der Waals surface area contributed by atoms with Gasteiger partial charge in [-0.1, -0.05) is 11.6 Å². The maximum absolute atomic E-state index is 12.0. The molecule has 0 aliphatic carbocycles. The average molecular weight is 247 g/mol. The van der Waals surface area contributed by atoms with Gasteiger partial charge in [0.15, 0.2) is 0 Å². The summed E-state index contributed by atoms with van der Waals surface area (Å²) in [6, 6.07) is 6.31. The molecule has 86 valence electrons. The zero-order chi connectivity index (χ0) is 12.1. The van der Waals surface area contributed by atoms with E-state index in [1.54, 1.807) is 0 Å². The third-order valence-corrected chi connectivity index (χ3v) is 2.13. The van der Waals surface area contributed by atoms with Gasteiger partial charge in [-0.2, -0.15) is 5.26 Å². The number of halogens is 3. The molecule has 1 rings (SSSR count). The van der Waals surface area contributed by atoms with E-state index in [1.807, 2.05) is 6.07 Å². The van der Waals surface area contributed by atoms with E-state index < -0.39 is 12.5 Å². The van der Waals surface area contributed by atoms with Crippen LogP contribution in [0.4, 0.5) is 14.5 Å². The van der Waals surface area contributed by atoms with Gasteiger partial charge in [0.2, 0.25) is 0 Å². The minimum Gasteiger partial charge on any atom is -0.385 e. The van der Waals surface area contributed by atoms with Gasteiger partial charge in [0.1, 0.15) is 12.2 Å². The van der Waals surface area contributed by atoms with Crippen LogP contribution < -0.4 is 5.32 Å². The number of nitrogens with zero attached hydrogens (tertiary/aromatic N) is 1. The minimum absolute atomic E-state index is 0.244. The molecule has 0 spiro atoms. The number of aliphatic hydroxyl groups excluding tert-OH is 1. The Hall–Kier alpha value is -1.38. The number of alkyl halides is 2. The van der Waals surface area contributed by atoms with E-state index in [9.17, 15) is 8.78 Å². The van der Waals surface area contributed by atoms with Crippen LogP contribution in [0.2, 0.25) is 5.02 Å². The molecule has 0 radical (unpaired) electrons. The summed E-state index contributed by atoms with van der Waals surface area (Å²) in [5, 5.41) is 20.6. The molecule has 6 heteroatoms. The molecule has 0 bridgehead atoms. The van der Waals surface area contributed by atoms with E-state index in [0.29, 0.717) is 10.7 Å². The Balaban J connectivity index is 2.71. The Kier molecular flexibility index (Phi) is 4.47. The number of hydrogen-bond acceptors (Lipinski definition) is 3. The molecule has 2 N–H and O–H groups in total. The monoisotopic (exact) mass is 246 g/mol. The number of nitrogens with one attached hydrogen (secondary N) is 1. The van der Waals surface area contributed by atoms with Gasteiger partial charge in [-0.05, 0) is 18.2 Å². The molecule has 0 aliphatic rings. The number of anilines is 1. The van der Waals surface area contributed by atoms with Crippen molar-refractivity contribution in [2.24, 2.45) is 0 Å². The van der Waals surface area contributed by atoms with Crippen LogP contribution in [0.25, 0.3) is 0 Å². The topological polar surface area (TPSA) is 56.0 Å². The Morgan fingerprint density at radius 1 is 1.50 bits per heavy atom. The molecule has 1 aromatic rings. The molecular formula is C10H9ClF2N2O. The van der Waals surface area contributed by atoms with E-state index in [0.717, 1.165) is 0 Å². The Bertz CT molecular complexity index is 406. The number of rotatable bonds is 4. The Morgan fingerprint density at radius 3 is 2.75 bits per heavy atom. The van der Waals surface area contributed by atoms with Crippen molar-refractivity contribution >= 4 is 17.3 Å².